The summed E-state index contributed by atoms with van der Waals surface area (Å²) in [6.07, 6.45) is 5.20. The van der Waals surface area contributed by atoms with Crippen molar-refractivity contribution in [2.24, 2.45) is 5.92 Å². The number of rotatable bonds is 6. The van der Waals surface area contributed by atoms with Crippen molar-refractivity contribution >= 4 is 28.2 Å². The Bertz CT molecular complexity index is 1100. The monoisotopic (exact) mass is 464 g/mol. The van der Waals surface area contributed by atoms with E-state index in [0.29, 0.717) is 17.1 Å². The maximum absolute atomic E-state index is 13.1. The van der Waals surface area contributed by atoms with Crippen molar-refractivity contribution in [3.05, 3.63) is 63.5 Å². The number of hydrogen-bond donors (Lipinski definition) is 3. The van der Waals surface area contributed by atoms with Gasteiger partial charge in [0.2, 0.25) is 0 Å². The predicted molar refractivity (Wildman–Crippen MR) is 128 cm³/mol. The Morgan fingerprint density at radius 2 is 2.00 bits per heavy atom. The van der Waals surface area contributed by atoms with Gasteiger partial charge in [-0.15, -0.1) is 11.3 Å². The van der Waals surface area contributed by atoms with Crippen molar-refractivity contribution in [3.63, 3.8) is 0 Å². The van der Waals surface area contributed by atoms with Gasteiger partial charge in [0.1, 0.15) is 16.6 Å². The number of aryl methyl sites for hydroxylation is 1. The molecule has 2 heterocycles. The summed E-state index contributed by atoms with van der Waals surface area (Å²) in [4.78, 5) is 27.1. The van der Waals surface area contributed by atoms with Gasteiger partial charge in [0.05, 0.1) is 17.7 Å². The first-order valence-corrected chi connectivity index (χ1v) is 12.1. The number of anilines is 1. The van der Waals surface area contributed by atoms with Crippen molar-refractivity contribution < 1.29 is 14.3 Å². The molecular weight excluding hydrogens is 436 g/mol. The Kier molecular flexibility index (Phi) is 7.23. The van der Waals surface area contributed by atoms with Crippen LogP contribution in [0.1, 0.15) is 59.1 Å². The molecule has 1 saturated heterocycles. The molecule has 0 bridgehead atoms. The van der Waals surface area contributed by atoms with Crippen molar-refractivity contribution in [3.8, 4) is 6.07 Å². The topological polar surface area (TPSA) is 103 Å². The van der Waals surface area contributed by atoms with Gasteiger partial charge in [-0.25, -0.2) is 10.2 Å². The first-order valence-electron chi connectivity index (χ1n) is 11.3. The van der Waals surface area contributed by atoms with Crippen LogP contribution < -0.4 is 16.2 Å². The lowest BCUT2D eigenvalue weighted by Gasteiger charge is -2.16. The maximum Gasteiger partial charge on any atom is 0.341 e. The zero-order chi connectivity index (χ0) is 23.4. The number of nitrogens with zero attached hydrogens (tertiary/aromatic N) is 1. The highest BCUT2D eigenvalue weighted by Gasteiger charge is 2.30. The fourth-order valence-corrected chi connectivity index (χ4v) is 5.62. The number of ether oxygens (including phenoxy) is 1. The van der Waals surface area contributed by atoms with Crippen molar-refractivity contribution in [1.29, 1.82) is 5.26 Å². The average molecular weight is 465 g/mol. The Morgan fingerprint density at radius 1 is 1.24 bits per heavy atom. The highest BCUT2D eigenvalue weighted by Crippen LogP contribution is 2.39. The van der Waals surface area contributed by atoms with Gasteiger partial charge in [0.25, 0.3) is 5.91 Å². The molecule has 1 aliphatic heterocycles. The molecule has 7 nitrogen and oxygen atoms in total. The summed E-state index contributed by atoms with van der Waals surface area (Å²) >= 11 is 1.42. The van der Waals surface area contributed by atoms with Gasteiger partial charge in [-0.1, -0.05) is 36.4 Å². The molecule has 2 aliphatic rings. The lowest BCUT2D eigenvalue weighted by molar-refractivity contribution is -0.112. The minimum Gasteiger partial charge on any atom is -0.459 e. The van der Waals surface area contributed by atoms with Crippen LogP contribution in [0.25, 0.3) is 0 Å². The molecular formula is C25H28N4O3S. The average Bonchev–Trinajstić information content (AvgIpc) is 3.41. The third kappa shape index (κ3) is 5.17. The van der Waals surface area contributed by atoms with Crippen LogP contribution in [0.4, 0.5) is 5.00 Å². The van der Waals surface area contributed by atoms with Crippen LogP contribution in [0.5, 0.6) is 0 Å². The summed E-state index contributed by atoms with van der Waals surface area (Å²) in [5, 5.41) is 13.1. The number of hydrogen-bond acceptors (Lipinski definition) is 7. The summed E-state index contributed by atoms with van der Waals surface area (Å²) in [7, 11) is 0. The van der Waals surface area contributed by atoms with Crippen molar-refractivity contribution in [2.75, 3.05) is 11.9 Å². The highest BCUT2D eigenvalue weighted by atomic mass is 32.1. The molecule has 4 rings (SSSR count). The number of hydrazine groups is 1. The highest BCUT2D eigenvalue weighted by molar-refractivity contribution is 7.17. The number of benzene rings is 1. The summed E-state index contributed by atoms with van der Waals surface area (Å²) < 4.78 is 5.46. The molecule has 0 saturated carbocycles. The van der Waals surface area contributed by atoms with Crippen LogP contribution in [-0.4, -0.2) is 24.5 Å². The Labute approximate surface area is 197 Å². The number of esters is 1. The second kappa shape index (κ2) is 10.3. The number of nitriles is 1. The minimum absolute atomic E-state index is 0.0287. The lowest BCUT2D eigenvalue weighted by Crippen LogP contribution is -2.24. The lowest BCUT2D eigenvalue weighted by atomic mass is 9.93. The Hall–Kier alpha value is -2.99. The van der Waals surface area contributed by atoms with E-state index in [1.807, 2.05) is 36.4 Å². The molecule has 2 aromatic rings. The van der Waals surface area contributed by atoms with Crippen LogP contribution in [0.3, 0.4) is 0 Å². The first kappa shape index (κ1) is 23.2. The van der Waals surface area contributed by atoms with Crippen LogP contribution >= 0.6 is 11.3 Å². The van der Waals surface area contributed by atoms with E-state index >= 15 is 0 Å². The molecule has 3 N–H and O–H groups in total. The van der Waals surface area contributed by atoms with Crippen LogP contribution in [0.2, 0.25) is 0 Å². The molecule has 8 heteroatoms. The van der Waals surface area contributed by atoms with E-state index in [1.165, 1.54) is 11.3 Å². The summed E-state index contributed by atoms with van der Waals surface area (Å²) in [5.41, 5.74) is 8.86. The van der Waals surface area contributed by atoms with Gasteiger partial charge in [-0.05, 0) is 50.7 Å². The molecule has 2 unspecified atom stereocenters. The van der Waals surface area contributed by atoms with Gasteiger partial charge in [0.15, 0.2) is 0 Å². The number of fused-ring (bicyclic) bond motifs is 1. The predicted octanol–water partition coefficient (Wildman–Crippen LogP) is 4.05. The summed E-state index contributed by atoms with van der Waals surface area (Å²) in [6, 6.07) is 11.9. The van der Waals surface area contributed by atoms with Gasteiger partial charge in [-0.2, -0.15) is 5.26 Å². The van der Waals surface area contributed by atoms with Gasteiger partial charge in [-0.3, -0.25) is 10.2 Å². The zero-order valence-electron chi connectivity index (χ0n) is 18.8. The smallest absolute Gasteiger partial charge is 0.341 e. The number of thiophene rings is 1. The van der Waals surface area contributed by atoms with E-state index in [4.69, 9.17) is 4.74 Å². The molecule has 1 aromatic carbocycles. The first-order chi connectivity index (χ1) is 16.0. The molecule has 1 amide bonds. The zero-order valence-corrected chi connectivity index (χ0v) is 19.6. The molecule has 1 fully saturated rings. The molecule has 2 atom stereocenters. The fraction of sp³-hybridized carbons (Fsp3) is 0.400. The van der Waals surface area contributed by atoms with E-state index in [-0.39, 0.29) is 23.6 Å². The van der Waals surface area contributed by atoms with E-state index < -0.39 is 11.9 Å². The summed E-state index contributed by atoms with van der Waals surface area (Å²) in [5.74, 6) is -1.00. The Morgan fingerprint density at radius 3 is 2.73 bits per heavy atom. The third-order valence-electron chi connectivity index (χ3n) is 5.87. The number of amides is 1. The molecule has 1 aromatic heterocycles. The van der Waals surface area contributed by atoms with E-state index in [1.54, 1.807) is 19.9 Å². The van der Waals surface area contributed by atoms with Crippen LogP contribution in [-0.2, 0) is 22.4 Å². The largest absolute Gasteiger partial charge is 0.459 e. The van der Waals surface area contributed by atoms with E-state index in [0.717, 1.165) is 41.7 Å². The fourth-order valence-electron chi connectivity index (χ4n) is 4.35. The third-order valence-corrected chi connectivity index (χ3v) is 7.08. The molecule has 172 valence electrons. The molecule has 1 aliphatic carbocycles. The van der Waals surface area contributed by atoms with Crippen LogP contribution in [0.15, 0.2) is 42.0 Å². The number of nitrogens with one attached hydrogen (secondary N) is 3. The second-order valence-electron chi connectivity index (χ2n) is 8.59. The SMILES string of the molecule is CC(C)OC(=O)c1c(NC(=O)/C(C#N)=C/C2CNNC2c2ccccc2)sc2c1CCCC2. The second-order valence-corrected chi connectivity index (χ2v) is 9.70. The summed E-state index contributed by atoms with van der Waals surface area (Å²) in [6.45, 7) is 4.20. The van der Waals surface area contributed by atoms with Crippen molar-refractivity contribution in [2.45, 2.75) is 51.7 Å². The van der Waals surface area contributed by atoms with Gasteiger partial charge in [0, 0.05) is 17.3 Å². The van der Waals surface area contributed by atoms with E-state index in [9.17, 15) is 14.9 Å². The normalized spacial score (nSPS) is 20.2. The standard InChI is InChI=1S/C25H28N4O3S/c1-15(2)32-25(31)21-19-10-6-7-11-20(19)33-24(21)28-23(30)17(13-26)12-18-14-27-29-22(18)16-8-4-3-5-9-16/h3-5,8-9,12,15,18,22,27,29H,6-7,10-11,14H2,1-2H3,(H,28,30)/b17-12+. The van der Waals surface area contributed by atoms with Crippen LogP contribution in [0, 0.1) is 17.2 Å². The quantitative estimate of drug-likeness (QED) is 0.339. The maximum atomic E-state index is 13.1. The minimum atomic E-state index is -0.506. The Balaban J connectivity index is 1.58. The van der Waals surface area contributed by atoms with Gasteiger partial charge >= 0.3 is 5.97 Å². The number of carbonyl (C=O) groups excluding carboxylic acids is 2. The molecule has 0 radical (unpaired) electrons. The van der Waals surface area contributed by atoms with E-state index in [2.05, 4.69) is 16.2 Å². The molecule has 0 spiro atoms. The number of carbonyl (C=O) groups is 2. The van der Waals surface area contributed by atoms with Crippen molar-refractivity contribution in [1.82, 2.24) is 10.9 Å². The van der Waals surface area contributed by atoms with Gasteiger partial charge < -0.3 is 10.1 Å². The molecule has 33 heavy (non-hydrogen) atoms.